The van der Waals surface area contributed by atoms with E-state index in [4.69, 9.17) is 0 Å². The van der Waals surface area contributed by atoms with Gasteiger partial charge in [-0.3, -0.25) is 0 Å². The van der Waals surface area contributed by atoms with Crippen molar-refractivity contribution in [3.8, 4) is 5.75 Å². The molecular formula is C11H17ClN2O. The summed E-state index contributed by atoms with van der Waals surface area (Å²) in [7, 11) is 0. The summed E-state index contributed by atoms with van der Waals surface area (Å²) in [5.74, 6) is 0.330. The second-order valence-corrected chi connectivity index (χ2v) is 3.76. The monoisotopic (exact) mass is 228 g/mol. The van der Waals surface area contributed by atoms with Gasteiger partial charge in [0.1, 0.15) is 5.75 Å². The van der Waals surface area contributed by atoms with E-state index in [0.717, 1.165) is 19.6 Å². The lowest BCUT2D eigenvalue weighted by molar-refractivity contribution is 0.474. The Hall–Kier alpha value is -0.930. The molecule has 0 aliphatic carbocycles. The minimum Gasteiger partial charge on any atom is -0.508 e. The molecule has 1 aromatic rings. The van der Waals surface area contributed by atoms with Gasteiger partial charge < -0.3 is 15.3 Å². The van der Waals surface area contributed by atoms with Crippen molar-refractivity contribution < 1.29 is 5.11 Å². The van der Waals surface area contributed by atoms with E-state index in [0.29, 0.717) is 11.8 Å². The Morgan fingerprint density at radius 3 is 2.60 bits per heavy atom. The number of anilines is 1. The molecular weight excluding hydrogens is 212 g/mol. The SMILES string of the molecule is C[C@H]1CNCCN1c1ccc(O)cc1.Cl. The summed E-state index contributed by atoms with van der Waals surface area (Å²) >= 11 is 0. The second kappa shape index (κ2) is 5.24. The van der Waals surface area contributed by atoms with Crippen molar-refractivity contribution in [2.45, 2.75) is 13.0 Å². The molecule has 84 valence electrons. The number of benzene rings is 1. The number of piperazine rings is 1. The molecule has 2 N–H and O–H groups in total. The van der Waals surface area contributed by atoms with Gasteiger partial charge in [-0.2, -0.15) is 0 Å². The fraction of sp³-hybridized carbons (Fsp3) is 0.455. The van der Waals surface area contributed by atoms with Crippen LogP contribution < -0.4 is 10.2 Å². The third kappa shape index (κ3) is 2.76. The largest absolute Gasteiger partial charge is 0.508 e. The highest BCUT2D eigenvalue weighted by Gasteiger charge is 2.17. The molecule has 15 heavy (non-hydrogen) atoms. The Morgan fingerprint density at radius 1 is 1.33 bits per heavy atom. The molecule has 1 aliphatic rings. The fourth-order valence-corrected chi connectivity index (χ4v) is 1.87. The second-order valence-electron chi connectivity index (χ2n) is 3.76. The Balaban J connectivity index is 0.00000112. The van der Waals surface area contributed by atoms with Crippen LogP contribution in [0.25, 0.3) is 0 Å². The molecule has 1 atom stereocenters. The Bertz CT molecular complexity index is 302. The predicted octanol–water partition coefficient (Wildman–Crippen LogP) is 1.61. The minimum absolute atomic E-state index is 0. The molecule has 1 aliphatic heterocycles. The summed E-state index contributed by atoms with van der Waals surface area (Å²) in [5.41, 5.74) is 1.19. The summed E-state index contributed by atoms with van der Waals surface area (Å²) in [6.07, 6.45) is 0. The zero-order chi connectivity index (χ0) is 9.97. The Kier molecular flexibility index (Phi) is 4.24. The highest BCUT2D eigenvalue weighted by atomic mass is 35.5. The summed E-state index contributed by atoms with van der Waals surface area (Å²) in [4.78, 5) is 2.36. The molecule has 0 spiro atoms. The molecule has 0 radical (unpaired) electrons. The molecule has 1 fully saturated rings. The summed E-state index contributed by atoms with van der Waals surface area (Å²) in [6.45, 7) is 5.30. The van der Waals surface area contributed by atoms with Gasteiger partial charge in [-0.05, 0) is 31.2 Å². The molecule has 0 aromatic heterocycles. The van der Waals surface area contributed by atoms with Gasteiger partial charge in [0.05, 0.1) is 0 Å². The first kappa shape index (κ1) is 12.1. The van der Waals surface area contributed by atoms with Crippen LogP contribution in [-0.2, 0) is 0 Å². The molecule has 1 heterocycles. The third-order valence-corrected chi connectivity index (χ3v) is 2.68. The summed E-state index contributed by atoms with van der Waals surface area (Å²) in [6, 6.07) is 7.94. The average molecular weight is 229 g/mol. The van der Waals surface area contributed by atoms with Crippen LogP contribution in [0.5, 0.6) is 5.75 Å². The Labute approximate surface area is 96.5 Å². The van der Waals surface area contributed by atoms with Gasteiger partial charge in [-0.25, -0.2) is 0 Å². The first-order valence-corrected chi connectivity index (χ1v) is 5.04. The number of hydrogen-bond acceptors (Lipinski definition) is 3. The number of nitrogens with one attached hydrogen (secondary N) is 1. The predicted molar refractivity (Wildman–Crippen MR) is 65.0 cm³/mol. The van der Waals surface area contributed by atoms with Gasteiger partial charge in [-0.1, -0.05) is 0 Å². The van der Waals surface area contributed by atoms with E-state index in [2.05, 4.69) is 17.1 Å². The maximum absolute atomic E-state index is 9.19. The zero-order valence-electron chi connectivity index (χ0n) is 8.81. The molecule has 0 unspecified atom stereocenters. The Morgan fingerprint density at radius 2 is 2.00 bits per heavy atom. The van der Waals surface area contributed by atoms with Crippen molar-refractivity contribution in [1.29, 1.82) is 0 Å². The van der Waals surface area contributed by atoms with Crippen molar-refractivity contribution in [1.82, 2.24) is 5.32 Å². The minimum atomic E-state index is 0. The van der Waals surface area contributed by atoms with Crippen LogP contribution in [0, 0.1) is 0 Å². The standard InChI is InChI=1S/C11H16N2O.ClH/c1-9-8-12-6-7-13(9)10-2-4-11(14)5-3-10;/h2-5,9,12,14H,6-8H2,1H3;1H/t9-;/m0./s1. The summed E-state index contributed by atoms with van der Waals surface area (Å²) < 4.78 is 0. The van der Waals surface area contributed by atoms with Crippen LogP contribution in [-0.4, -0.2) is 30.8 Å². The number of hydrogen-bond donors (Lipinski definition) is 2. The molecule has 2 rings (SSSR count). The first-order valence-electron chi connectivity index (χ1n) is 5.04. The number of halogens is 1. The van der Waals surface area contributed by atoms with Crippen molar-refractivity contribution >= 4 is 18.1 Å². The number of rotatable bonds is 1. The third-order valence-electron chi connectivity index (χ3n) is 2.68. The normalized spacial score (nSPS) is 20.9. The molecule has 1 aromatic carbocycles. The maximum atomic E-state index is 9.19. The van der Waals surface area contributed by atoms with Crippen LogP contribution in [0.4, 0.5) is 5.69 Å². The lowest BCUT2D eigenvalue weighted by Crippen LogP contribution is -2.49. The molecule has 0 bridgehead atoms. The average Bonchev–Trinajstić information content (AvgIpc) is 2.20. The van der Waals surface area contributed by atoms with Gasteiger partial charge in [0.25, 0.3) is 0 Å². The van der Waals surface area contributed by atoms with Crippen LogP contribution in [0.1, 0.15) is 6.92 Å². The number of phenolic OH excluding ortho intramolecular Hbond substituents is 1. The highest BCUT2D eigenvalue weighted by Crippen LogP contribution is 2.20. The van der Waals surface area contributed by atoms with Crippen molar-refractivity contribution in [2.75, 3.05) is 24.5 Å². The van der Waals surface area contributed by atoms with Crippen molar-refractivity contribution in [3.05, 3.63) is 24.3 Å². The van der Waals surface area contributed by atoms with Gasteiger partial charge >= 0.3 is 0 Å². The number of aromatic hydroxyl groups is 1. The zero-order valence-corrected chi connectivity index (χ0v) is 9.63. The lowest BCUT2D eigenvalue weighted by Gasteiger charge is -2.35. The summed E-state index contributed by atoms with van der Waals surface area (Å²) in [5, 5.41) is 12.5. The van der Waals surface area contributed by atoms with E-state index in [1.54, 1.807) is 12.1 Å². The van der Waals surface area contributed by atoms with Crippen molar-refractivity contribution in [3.63, 3.8) is 0 Å². The van der Waals surface area contributed by atoms with E-state index in [-0.39, 0.29) is 12.4 Å². The van der Waals surface area contributed by atoms with Crippen LogP contribution >= 0.6 is 12.4 Å². The maximum Gasteiger partial charge on any atom is 0.115 e. The van der Waals surface area contributed by atoms with Gasteiger partial charge in [0.2, 0.25) is 0 Å². The molecule has 0 saturated carbocycles. The van der Waals surface area contributed by atoms with Gasteiger partial charge in [0, 0.05) is 31.4 Å². The quantitative estimate of drug-likeness (QED) is 0.767. The highest BCUT2D eigenvalue weighted by molar-refractivity contribution is 5.85. The fourth-order valence-electron chi connectivity index (χ4n) is 1.87. The first-order chi connectivity index (χ1) is 6.77. The van der Waals surface area contributed by atoms with E-state index >= 15 is 0 Å². The van der Waals surface area contributed by atoms with E-state index in [1.807, 2.05) is 12.1 Å². The molecule has 0 amide bonds. The van der Waals surface area contributed by atoms with Crippen LogP contribution in [0.2, 0.25) is 0 Å². The number of phenols is 1. The van der Waals surface area contributed by atoms with E-state index in [9.17, 15) is 5.11 Å². The number of nitrogens with zero attached hydrogens (tertiary/aromatic N) is 1. The van der Waals surface area contributed by atoms with Gasteiger partial charge in [-0.15, -0.1) is 12.4 Å². The van der Waals surface area contributed by atoms with E-state index < -0.39 is 0 Å². The van der Waals surface area contributed by atoms with E-state index in [1.165, 1.54) is 5.69 Å². The molecule has 4 heteroatoms. The van der Waals surface area contributed by atoms with Crippen LogP contribution in [0.15, 0.2) is 24.3 Å². The smallest absolute Gasteiger partial charge is 0.115 e. The topological polar surface area (TPSA) is 35.5 Å². The molecule has 1 saturated heterocycles. The lowest BCUT2D eigenvalue weighted by atomic mass is 10.2. The van der Waals surface area contributed by atoms with Crippen molar-refractivity contribution in [2.24, 2.45) is 0 Å². The van der Waals surface area contributed by atoms with Gasteiger partial charge in [0.15, 0.2) is 0 Å². The van der Waals surface area contributed by atoms with Crippen LogP contribution in [0.3, 0.4) is 0 Å². The molecule has 3 nitrogen and oxygen atoms in total.